The summed E-state index contributed by atoms with van der Waals surface area (Å²) in [6.07, 6.45) is 6.01. The van der Waals surface area contributed by atoms with Crippen molar-refractivity contribution in [3.63, 3.8) is 0 Å². The zero-order valence-electron chi connectivity index (χ0n) is 14.0. The Morgan fingerprint density at radius 2 is 1.52 bits per heavy atom. The number of aliphatic hydroxyl groups excluding tert-OH is 1. The number of hydrogen-bond donors (Lipinski definition) is 1. The van der Waals surface area contributed by atoms with E-state index in [0.717, 1.165) is 18.4 Å². The fraction of sp³-hybridized carbons (Fsp3) is 0.167. The molecule has 0 spiro atoms. The van der Waals surface area contributed by atoms with Crippen molar-refractivity contribution in [3.05, 3.63) is 104 Å². The Bertz CT molecular complexity index is 1160. The zero-order chi connectivity index (χ0) is 16.8. The Hall–Kier alpha value is -2.64. The van der Waals surface area contributed by atoms with Crippen LogP contribution in [0.4, 0.5) is 0 Å². The van der Waals surface area contributed by atoms with Crippen molar-refractivity contribution in [2.24, 2.45) is 0 Å². The topological polar surface area (TPSA) is 20.2 Å². The summed E-state index contributed by atoms with van der Waals surface area (Å²) >= 11 is 0. The van der Waals surface area contributed by atoms with Crippen LogP contribution in [0.3, 0.4) is 0 Å². The molecule has 0 fully saturated rings. The second-order valence-electron chi connectivity index (χ2n) is 6.97. The van der Waals surface area contributed by atoms with Gasteiger partial charge in [0.2, 0.25) is 0 Å². The molecule has 1 nitrogen and oxygen atoms in total. The van der Waals surface area contributed by atoms with Crippen LogP contribution in [0.15, 0.2) is 66.7 Å². The Labute approximate surface area is 146 Å². The van der Waals surface area contributed by atoms with Gasteiger partial charge in [0.25, 0.3) is 0 Å². The van der Waals surface area contributed by atoms with Crippen molar-refractivity contribution in [1.29, 1.82) is 0 Å². The van der Waals surface area contributed by atoms with Crippen LogP contribution in [0.25, 0.3) is 12.2 Å². The first-order chi connectivity index (χ1) is 12.3. The number of hydrogen-bond acceptors (Lipinski definition) is 1. The van der Waals surface area contributed by atoms with Gasteiger partial charge in [-0.1, -0.05) is 78.9 Å². The van der Waals surface area contributed by atoms with Crippen LogP contribution in [-0.2, 0) is 0 Å². The Morgan fingerprint density at radius 3 is 2.40 bits per heavy atom. The summed E-state index contributed by atoms with van der Waals surface area (Å²) < 4.78 is 0. The van der Waals surface area contributed by atoms with E-state index in [1.165, 1.54) is 32.0 Å². The highest BCUT2D eigenvalue weighted by Gasteiger charge is 2.25. The van der Waals surface area contributed by atoms with Crippen LogP contribution in [-0.4, -0.2) is 5.11 Å². The molecular formula is C24H20O. The molecule has 0 saturated carbocycles. The van der Waals surface area contributed by atoms with Crippen LogP contribution in [0.1, 0.15) is 41.6 Å². The average Bonchev–Trinajstić information content (AvgIpc) is 2.68. The molecule has 5 rings (SSSR count). The van der Waals surface area contributed by atoms with E-state index in [1.54, 1.807) is 0 Å². The van der Waals surface area contributed by atoms with Crippen molar-refractivity contribution >= 4 is 12.2 Å². The number of aliphatic hydroxyl groups is 1. The molecule has 0 aliphatic heterocycles. The molecule has 0 unspecified atom stereocenters. The second kappa shape index (κ2) is 5.72. The lowest BCUT2D eigenvalue weighted by atomic mass is 9.79. The van der Waals surface area contributed by atoms with Gasteiger partial charge in [-0.05, 0) is 50.4 Å². The van der Waals surface area contributed by atoms with Crippen LogP contribution in [0.2, 0.25) is 0 Å². The Morgan fingerprint density at radius 1 is 0.720 bits per heavy atom. The molecule has 25 heavy (non-hydrogen) atoms. The van der Waals surface area contributed by atoms with E-state index in [2.05, 4.69) is 78.9 Å². The van der Waals surface area contributed by atoms with E-state index < -0.39 is 0 Å². The van der Waals surface area contributed by atoms with Gasteiger partial charge in [0.05, 0.1) is 6.10 Å². The smallest absolute Gasteiger partial charge is 0.0801 e. The summed E-state index contributed by atoms with van der Waals surface area (Å²) in [6.45, 7) is 0. The average molecular weight is 324 g/mol. The summed E-state index contributed by atoms with van der Waals surface area (Å²) in [5, 5.41) is 15.8. The minimum absolute atomic E-state index is 0.183. The maximum absolute atomic E-state index is 10.8. The lowest BCUT2D eigenvalue weighted by Gasteiger charge is -2.26. The van der Waals surface area contributed by atoms with Gasteiger partial charge >= 0.3 is 0 Å². The minimum Gasteiger partial charge on any atom is -0.388 e. The van der Waals surface area contributed by atoms with E-state index in [9.17, 15) is 5.11 Å². The van der Waals surface area contributed by atoms with E-state index >= 15 is 0 Å². The van der Waals surface area contributed by atoms with Crippen LogP contribution < -0.4 is 10.4 Å². The summed E-state index contributed by atoms with van der Waals surface area (Å²) in [5.74, 6) is 0.183. The van der Waals surface area contributed by atoms with Gasteiger partial charge in [0.15, 0.2) is 0 Å². The first kappa shape index (κ1) is 14.7. The van der Waals surface area contributed by atoms with Gasteiger partial charge in [-0.2, -0.15) is 0 Å². The van der Waals surface area contributed by atoms with Gasteiger partial charge in [0, 0.05) is 5.92 Å². The van der Waals surface area contributed by atoms with Crippen molar-refractivity contribution in [2.45, 2.75) is 24.9 Å². The van der Waals surface area contributed by atoms with Crippen molar-refractivity contribution < 1.29 is 5.11 Å². The van der Waals surface area contributed by atoms with Gasteiger partial charge in [-0.25, -0.2) is 0 Å². The highest BCUT2D eigenvalue weighted by molar-refractivity contribution is 5.57. The molecule has 2 atom stereocenters. The standard InChI is InChI=1S/C24H20O/c25-22-12-6-10-17-13-14-20-19-11-5-4-9-18(19)15-21(24(20)23(17)22)16-7-2-1-3-8-16/h1-5,7-11,13-15,21-22,25H,6,12H2/t21-,22-/m1/s1. The molecule has 0 aromatic heterocycles. The molecule has 0 saturated heterocycles. The zero-order valence-corrected chi connectivity index (χ0v) is 14.0. The maximum atomic E-state index is 10.8. The predicted molar refractivity (Wildman–Crippen MR) is 101 cm³/mol. The molecule has 0 amide bonds. The molecule has 3 aromatic carbocycles. The van der Waals surface area contributed by atoms with E-state index in [4.69, 9.17) is 0 Å². The summed E-state index contributed by atoms with van der Waals surface area (Å²) in [7, 11) is 0. The molecule has 0 radical (unpaired) electrons. The molecule has 0 heterocycles. The Balaban J connectivity index is 1.97. The van der Waals surface area contributed by atoms with Crippen molar-refractivity contribution in [3.8, 4) is 0 Å². The molecule has 1 heteroatoms. The van der Waals surface area contributed by atoms with Gasteiger partial charge in [-0.15, -0.1) is 0 Å². The molecule has 1 N–H and O–H groups in total. The van der Waals surface area contributed by atoms with Gasteiger partial charge in [0.1, 0.15) is 0 Å². The fourth-order valence-electron chi connectivity index (χ4n) is 4.39. The molecule has 122 valence electrons. The van der Waals surface area contributed by atoms with Crippen LogP contribution >= 0.6 is 0 Å². The minimum atomic E-state index is -0.375. The van der Waals surface area contributed by atoms with Crippen LogP contribution in [0.5, 0.6) is 0 Å². The van der Waals surface area contributed by atoms with Gasteiger partial charge < -0.3 is 5.11 Å². The molecule has 0 bridgehead atoms. The van der Waals surface area contributed by atoms with Gasteiger partial charge in [-0.3, -0.25) is 0 Å². The number of fused-ring (bicyclic) bond motifs is 4. The quantitative estimate of drug-likeness (QED) is 0.726. The first-order valence-corrected chi connectivity index (χ1v) is 9.00. The maximum Gasteiger partial charge on any atom is 0.0801 e. The fourth-order valence-corrected chi connectivity index (χ4v) is 4.39. The number of benzene rings is 3. The van der Waals surface area contributed by atoms with Crippen LogP contribution in [0, 0.1) is 10.4 Å². The lowest BCUT2D eigenvalue weighted by molar-refractivity contribution is 0.165. The lowest BCUT2D eigenvalue weighted by Crippen LogP contribution is -2.25. The third-order valence-electron chi connectivity index (χ3n) is 5.53. The second-order valence-corrected chi connectivity index (χ2v) is 6.97. The van der Waals surface area contributed by atoms with E-state index in [0.29, 0.717) is 0 Å². The summed E-state index contributed by atoms with van der Waals surface area (Å²) in [5.41, 5.74) is 3.69. The highest BCUT2D eigenvalue weighted by Crippen LogP contribution is 2.35. The molecular weight excluding hydrogens is 304 g/mol. The predicted octanol–water partition coefficient (Wildman–Crippen LogP) is 3.51. The third kappa shape index (κ3) is 2.27. The largest absolute Gasteiger partial charge is 0.388 e. The summed E-state index contributed by atoms with van der Waals surface area (Å²) in [4.78, 5) is 0. The SMILES string of the molecule is O[C@@H]1CCC=c2ccc3c(c21)[C@@H](c1ccccc1)C=c1ccccc1=3. The molecule has 2 aliphatic carbocycles. The third-order valence-corrected chi connectivity index (χ3v) is 5.53. The van der Waals surface area contributed by atoms with E-state index in [1.807, 2.05) is 0 Å². The normalized spacial score (nSPS) is 20.5. The summed E-state index contributed by atoms with van der Waals surface area (Å²) in [6, 6.07) is 23.6. The van der Waals surface area contributed by atoms with Crippen molar-refractivity contribution in [2.75, 3.05) is 0 Å². The first-order valence-electron chi connectivity index (χ1n) is 9.00. The van der Waals surface area contributed by atoms with E-state index in [-0.39, 0.29) is 12.0 Å². The van der Waals surface area contributed by atoms with Crippen molar-refractivity contribution in [1.82, 2.24) is 0 Å². The molecule has 3 aromatic rings. The number of rotatable bonds is 1. The monoisotopic (exact) mass is 324 g/mol. The molecule has 2 aliphatic rings. The highest BCUT2D eigenvalue weighted by atomic mass is 16.3. The Kier molecular flexibility index (Phi) is 3.36.